The van der Waals surface area contributed by atoms with Crippen LogP contribution in [0.4, 0.5) is 0 Å². The van der Waals surface area contributed by atoms with Gasteiger partial charge in [0.2, 0.25) is 0 Å². The summed E-state index contributed by atoms with van der Waals surface area (Å²) in [5.74, 6) is 1.55. The Morgan fingerprint density at radius 3 is 2.32 bits per heavy atom. The third-order valence-electron chi connectivity index (χ3n) is 5.26. The number of ether oxygens (including phenoxy) is 1. The van der Waals surface area contributed by atoms with E-state index in [0.29, 0.717) is 5.02 Å². The molecule has 0 amide bonds. The Labute approximate surface area is 157 Å². The number of unbranched alkanes of at least 4 members (excludes halogenated alkanes) is 2. The van der Waals surface area contributed by atoms with Crippen LogP contribution in [0.5, 0.6) is 5.75 Å². The van der Waals surface area contributed by atoms with Crippen molar-refractivity contribution in [2.24, 2.45) is 0 Å². The van der Waals surface area contributed by atoms with Crippen LogP contribution < -0.4 is 4.74 Å². The molecule has 1 aliphatic rings. The van der Waals surface area contributed by atoms with Crippen LogP contribution in [0.3, 0.4) is 0 Å². The fourth-order valence-electron chi connectivity index (χ4n) is 3.72. The zero-order valence-corrected chi connectivity index (χ0v) is 16.0. The fourth-order valence-corrected chi connectivity index (χ4v) is 3.95. The molecular weight excluding hydrogens is 328 g/mol. The summed E-state index contributed by atoms with van der Waals surface area (Å²) in [6.07, 6.45) is 10.3. The SMILES string of the molecule is CCCCCOc1ccc(-c2ccc(C3CCCCC3)cc2)cc1Cl. The summed E-state index contributed by atoms with van der Waals surface area (Å²) in [5, 5.41) is 0.699. The van der Waals surface area contributed by atoms with E-state index in [1.54, 1.807) is 0 Å². The van der Waals surface area contributed by atoms with Crippen molar-refractivity contribution in [3.63, 3.8) is 0 Å². The molecule has 0 atom stereocenters. The van der Waals surface area contributed by atoms with Crippen molar-refractivity contribution in [1.82, 2.24) is 0 Å². The van der Waals surface area contributed by atoms with E-state index < -0.39 is 0 Å². The van der Waals surface area contributed by atoms with E-state index in [-0.39, 0.29) is 0 Å². The van der Waals surface area contributed by atoms with Crippen molar-refractivity contribution in [3.05, 3.63) is 53.1 Å². The van der Waals surface area contributed by atoms with Crippen LogP contribution in [0.1, 0.15) is 69.8 Å². The van der Waals surface area contributed by atoms with Crippen LogP contribution in [0.2, 0.25) is 5.02 Å². The topological polar surface area (TPSA) is 9.23 Å². The molecule has 0 unspecified atom stereocenters. The molecular formula is C23H29ClO. The summed E-state index contributed by atoms with van der Waals surface area (Å²) in [4.78, 5) is 0. The molecule has 2 aromatic carbocycles. The first-order chi connectivity index (χ1) is 12.3. The Bertz CT molecular complexity index is 656. The second-order valence-electron chi connectivity index (χ2n) is 7.16. The van der Waals surface area contributed by atoms with E-state index >= 15 is 0 Å². The van der Waals surface area contributed by atoms with Gasteiger partial charge < -0.3 is 4.74 Å². The molecule has 0 bridgehead atoms. The molecule has 1 saturated carbocycles. The van der Waals surface area contributed by atoms with Crippen LogP contribution in [0, 0.1) is 0 Å². The molecule has 0 radical (unpaired) electrons. The Morgan fingerprint density at radius 1 is 0.920 bits per heavy atom. The smallest absolute Gasteiger partial charge is 0.137 e. The molecule has 25 heavy (non-hydrogen) atoms. The van der Waals surface area contributed by atoms with Crippen molar-refractivity contribution in [2.75, 3.05) is 6.61 Å². The third-order valence-corrected chi connectivity index (χ3v) is 5.55. The van der Waals surface area contributed by atoms with Crippen molar-refractivity contribution in [3.8, 4) is 16.9 Å². The molecule has 0 saturated heterocycles. The number of rotatable bonds is 7. The first kappa shape index (κ1) is 18.3. The summed E-state index contributed by atoms with van der Waals surface area (Å²) < 4.78 is 5.80. The summed E-state index contributed by atoms with van der Waals surface area (Å²) in [5.41, 5.74) is 3.87. The van der Waals surface area contributed by atoms with E-state index in [9.17, 15) is 0 Å². The largest absolute Gasteiger partial charge is 0.492 e. The van der Waals surface area contributed by atoms with E-state index in [4.69, 9.17) is 16.3 Å². The van der Waals surface area contributed by atoms with Gasteiger partial charge in [0, 0.05) is 0 Å². The highest BCUT2D eigenvalue weighted by Gasteiger charge is 2.15. The van der Waals surface area contributed by atoms with Crippen molar-refractivity contribution < 1.29 is 4.74 Å². The van der Waals surface area contributed by atoms with E-state index in [2.05, 4.69) is 37.3 Å². The molecule has 0 spiro atoms. The Kier molecular flexibility index (Phi) is 6.81. The number of halogens is 1. The van der Waals surface area contributed by atoms with Crippen molar-refractivity contribution >= 4 is 11.6 Å². The maximum Gasteiger partial charge on any atom is 0.137 e. The molecule has 134 valence electrons. The summed E-state index contributed by atoms with van der Waals surface area (Å²) in [6.45, 7) is 2.93. The van der Waals surface area contributed by atoms with Gasteiger partial charge >= 0.3 is 0 Å². The molecule has 3 rings (SSSR count). The fraction of sp³-hybridized carbons (Fsp3) is 0.478. The van der Waals surface area contributed by atoms with Gasteiger partial charge in [-0.1, -0.05) is 81.0 Å². The maximum atomic E-state index is 6.42. The van der Waals surface area contributed by atoms with Crippen LogP contribution in [-0.4, -0.2) is 6.61 Å². The lowest BCUT2D eigenvalue weighted by Gasteiger charge is -2.22. The quantitative estimate of drug-likeness (QED) is 0.463. The normalized spacial score (nSPS) is 15.3. The van der Waals surface area contributed by atoms with Crippen molar-refractivity contribution in [2.45, 2.75) is 64.2 Å². The summed E-state index contributed by atoms with van der Waals surface area (Å²) in [6, 6.07) is 15.2. The molecule has 0 N–H and O–H groups in total. The summed E-state index contributed by atoms with van der Waals surface area (Å²) in [7, 11) is 0. The van der Waals surface area contributed by atoms with E-state index in [0.717, 1.165) is 30.3 Å². The lowest BCUT2D eigenvalue weighted by Crippen LogP contribution is -2.04. The highest BCUT2D eigenvalue weighted by Crippen LogP contribution is 2.35. The van der Waals surface area contributed by atoms with Gasteiger partial charge in [-0.15, -0.1) is 0 Å². The predicted octanol–water partition coefficient (Wildman–Crippen LogP) is 7.62. The molecule has 2 heteroatoms. The molecule has 1 aliphatic carbocycles. The molecule has 1 nitrogen and oxygen atoms in total. The van der Waals surface area contributed by atoms with Gasteiger partial charge in [0.05, 0.1) is 11.6 Å². The zero-order valence-electron chi connectivity index (χ0n) is 15.3. The standard InChI is InChI=1S/C23H29ClO/c1-2-3-7-16-25-23-15-14-21(17-22(23)24)20-12-10-19(11-13-20)18-8-5-4-6-9-18/h10-15,17-18H,2-9,16H2,1H3. The van der Waals surface area contributed by atoms with Gasteiger partial charge in [-0.25, -0.2) is 0 Å². The first-order valence-corrected chi connectivity index (χ1v) is 10.2. The summed E-state index contributed by atoms with van der Waals surface area (Å²) >= 11 is 6.42. The second-order valence-corrected chi connectivity index (χ2v) is 7.56. The van der Waals surface area contributed by atoms with Crippen molar-refractivity contribution in [1.29, 1.82) is 0 Å². The Hall–Kier alpha value is -1.47. The van der Waals surface area contributed by atoms with Crippen LogP contribution in [-0.2, 0) is 0 Å². The lowest BCUT2D eigenvalue weighted by molar-refractivity contribution is 0.306. The van der Waals surface area contributed by atoms with Crippen LogP contribution in [0.15, 0.2) is 42.5 Å². The Balaban J connectivity index is 1.66. The number of hydrogen-bond acceptors (Lipinski definition) is 1. The average Bonchev–Trinajstić information content (AvgIpc) is 2.67. The van der Waals surface area contributed by atoms with E-state index in [1.165, 1.54) is 56.1 Å². The van der Waals surface area contributed by atoms with Crippen LogP contribution >= 0.6 is 11.6 Å². The van der Waals surface area contributed by atoms with E-state index in [1.807, 2.05) is 12.1 Å². The number of hydrogen-bond donors (Lipinski definition) is 0. The highest BCUT2D eigenvalue weighted by atomic mass is 35.5. The minimum atomic E-state index is 0.699. The van der Waals surface area contributed by atoms with Gasteiger partial charge in [0.15, 0.2) is 0 Å². The molecule has 1 fully saturated rings. The minimum Gasteiger partial charge on any atom is -0.492 e. The zero-order chi connectivity index (χ0) is 17.5. The van der Waals surface area contributed by atoms with Crippen LogP contribution in [0.25, 0.3) is 11.1 Å². The first-order valence-electron chi connectivity index (χ1n) is 9.80. The van der Waals surface area contributed by atoms with Gasteiger partial charge in [-0.3, -0.25) is 0 Å². The molecule has 0 aliphatic heterocycles. The average molecular weight is 357 g/mol. The van der Waals surface area contributed by atoms with Gasteiger partial charge in [0.25, 0.3) is 0 Å². The Morgan fingerprint density at radius 2 is 1.64 bits per heavy atom. The van der Waals surface area contributed by atoms with Gasteiger partial charge in [-0.2, -0.15) is 0 Å². The molecule has 0 heterocycles. The predicted molar refractivity (Wildman–Crippen MR) is 108 cm³/mol. The second kappa shape index (κ2) is 9.29. The van der Waals surface area contributed by atoms with Gasteiger partial charge in [0.1, 0.15) is 5.75 Å². The minimum absolute atomic E-state index is 0.699. The number of benzene rings is 2. The molecule has 0 aromatic heterocycles. The lowest BCUT2D eigenvalue weighted by atomic mass is 9.84. The molecule has 2 aromatic rings. The highest BCUT2D eigenvalue weighted by molar-refractivity contribution is 6.32. The maximum absolute atomic E-state index is 6.42. The monoisotopic (exact) mass is 356 g/mol. The third kappa shape index (κ3) is 5.01. The van der Waals surface area contributed by atoms with Gasteiger partial charge in [-0.05, 0) is 54.0 Å².